The minimum absolute atomic E-state index is 0.00595. The number of benzene rings is 1. The number of ether oxygens (including phenoxy) is 1. The monoisotopic (exact) mass is 603 g/mol. The molecular weight excluding hydrogens is 570 g/mol. The Kier molecular flexibility index (Phi) is 8.08. The summed E-state index contributed by atoms with van der Waals surface area (Å²) >= 11 is 0.629. The maximum Gasteiger partial charge on any atom is 0.443 e. The van der Waals surface area contributed by atoms with Gasteiger partial charge in [-0.2, -0.15) is 13.2 Å². The van der Waals surface area contributed by atoms with Gasteiger partial charge in [-0.3, -0.25) is 4.79 Å². The minimum atomic E-state index is -4.50. The molecule has 1 amide bonds. The Bertz CT molecular complexity index is 1420. The van der Waals surface area contributed by atoms with Crippen molar-refractivity contribution in [3.63, 3.8) is 0 Å². The van der Waals surface area contributed by atoms with Crippen LogP contribution in [0.25, 0.3) is 0 Å². The van der Waals surface area contributed by atoms with Gasteiger partial charge >= 0.3 is 6.18 Å². The van der Waals surface area contributed by atoms with Crippen LogP contribution in [0.1, 0.15) is 52.4 Å². The molecule has 1 aliphatic carbocycles. The molecule has 2 aromatic heterocycles. The predicted octanol–water partition coefficient (Wildman–Crippen LogP) is 5.85. The normalized spacial score (nSPS) is 20.9. The molecule has 224 valence electrons. The molecule has 1 saturated carbocycles. The summed E-state index contributed by atoms with van der Waals surface area (Å²) < 4.78 is 59.6. The number of hydrogen-bond acceptors (Lipinski definition) is 7. The fourth-order valence-electron chi connectivity index (χ4n) is 6.15. The second-order valence-corrected chi connectivity index (χ2v) is 12.6. The molecule has 6 rings (SSSR count). The molecule has 0 spiro atoms. The van der Waals surface area contributed by atoms with Crippen molar-refractivity contribution < 1.29 is 27.1 Å². The van der Waals surface area contributed by atoms with Crippen molar-refractivity contribution in [3.05, 3.63) is 63.1 Å². The number of carbonyl (C=O) groups is 1. The molecule has 0 N–H and O–H groups in total. The molecule has 12 heteroatoms. The summed E-state index contributed by atoms with van der Waals surface area (Å²) in [6.07, 6.45) is 3.78. The lowest BCUT2D eigenvalue weighted by Crippen LogP contribution is -2.36. The van der Waals surface area contributed by atoms with E-state index in [9.17, 15) is 22.4 Å². The number of rotatable bonds is 8. The van der Waals surface area contributed by atoms with Gasteiger partial charge in [-0.05, 0) is 67.6 Å². The van der Waals surface area contributed by atoms with Crippen molar-refractivity contribution in [1.82, 2.24) is 19.9 Å². The lowest BCUT2D eigenvalue weighted by Gasteiger charge is -2.32. The number of nitrogens with zero attached hydrogens (tertiary/aromatic N) is 5. The lowest BCUT2D eigenvalue weighted by molar-refractivity contribution is -0.137. The number of carbonyl (C=O) groups excluding carboxylic acids is 1. The zero-order chi connectivity index (χ0) is 29.4. The van der Waals surface area contributed by atoms with Crippen LogP contribution < -0.4 is 9.64 Å². The standard InChI is InChI=1S/C30H33F4N5O2S/c1-18-15-35-29(36-16-18)38-8-4-19(5-9-38)23-12-20(23)7-11-41-22-3-2-21(24(31)14-22)13-27(40)39-10-6-26-25(17-39)37-28(42-26)30(32,33)34/h2-3,14-16,19-20,23H,4-13,17H2,1H3/t20-,23-/m1/s1. The highest BCUT2D eigenvalue weighted by molar-refractivity contribution is 7.11. The number of anilines is 1. The Morgan fingerprint density at radius 1 is 1.14 bits per heavy atom. The van der Waals surface area contributed by atoms with Crippen LogP contribution in [0.5, 0.6) is 5.75 Å². The van der Waals surface area contributed by atoms with Gasteiger partial charge in [-0.15, -0.1) is 11.3 Å². The quantitative estimate of drug-likeness (QED) is 0.301. The van der Waals surface area contributed by atoms with E-state index < -0.39 is 17.0 Å². The summed E-state index contributed by atoms with van der Waals surface area (Å²) in [6, 6.07) is 4.53. The van der Waals surface area contributed by atoms with Crippen LogP contribution in [0.15, 0.2) is 30.6 Å². The van der Waals surface area contributed by atoms with E-state index in [1.165, 1.54) is 17.4 Å². The summed E-state index contributed by atoms with van der Waals surface area (Å²) in [5.41, 5.74) is 1.57. The molecule has 1 aromatic carbocycles. The van der Waals surface area contributed by atoms with Crippen molar-refractivity contribution >= 4 is 23.2 Å². The number of thiazole rings is 1. The molecule has 7 nitrogen and oxygen atoms in total. The molecule has 0 bridgehead atoms. The number of fused-ring (bicyclic) bond motifs is 1. The average molecular weight is 604 g/mol. The predicted molar refractivity (Wildman–Crippen MR) is 150 cm³/mol. The molecule has 2 aliphatic heterocycles. The summed E-state index contributed by atoms with van der Waals surface area (Å²) in [5.74, 6) is 2.43. The Morgan fingerprint density at radius 3 is 2.62 bits per heavy atom. The first-order valence-corrected chi connectivity index (χ1v) is 15.2. The number of hydrogen-bond donors (Lipinski definition) is 0. The van der Waals surface area contributed by atoms with Crippen LogP contribution in [-0.4, -0.2) is 52.0 Å². The van der Waals surface area contributed by atoms with Gasteiger partial charge in [0.15, 0.2) is 5.01 Å². The Labute approximate surface area is 245 Å². The van der Waals surface area contributed by atoms with Crippen LogP contribution in [0.3, 0.4) is 0 Å². The largest absolute Gasteiger partial charge is 0.493 e. The van der Waals surface area contributed by atoms with E-state index in [1.807, 2.05) is 19.3 Å². The number of alkyl halides is 3. The number of halogens is 4. The van der Waals surface area contributed by atoms with E-state index in [2.05, 4.69) is 19.9 Å². The zero-order valence-electron chi connectivity index (χ0n) is 23.4. The highest BCUT2D eigenvalue weighted by Gasteiger charge is 2.43. The first kappa shape index (κ1) is 28.8. The van der Waals surface area contributed by atoms with E-state index in [-0.39, 0.29) is 36.7 Å². The van der Waals surface area contributed by atoms with Crippen LogP contribution >= 0.6 is 11.3 Å². The lowest BCUT2D eigenvalue weighted by atomic mass is 9.90. The second kappa shape index (κ2) is 11.8. The highest BCUT2D eigenvalue weighted by Crippen LogP contribution is 2.50. The van der Waals surface area contributed by atoms with Gasteiger partial charge in [0, 0.05) is 49.4 Å². The molecule has 42 heavy (non-hydrogen) atoms. The maximum atomic E-state index is 14.8. The Balaban J connectivity index is 0.929. The summed E-state index contributed by atoms with van der Waals surface area (Å²) in [5, 5.41) is -0.893. The van der Waals surface area contributed by atoms with Gasteiger partial charge in [0.1, 0.15) is 11.6 Å². The SMILES string of the molecule is Cc1cnc(N2CCC([C@H]3C[C@H]3CCOc3ccc(CC(=O)N4CCc5sc(C(F)(F)F)nc5C4)c(F)c3)CC2)nc1. The summed E-state index contributed by atoms with van der Waals surface area (Å²) in [7, 11) is 0. The molecule has 3 aliphatic rings. The fourth-order valence-corrected chi connectivity index (χ4v) is 7.08. The molecule has 2 fully saturated rings. The van der Waals surface area contributed by atoms with E-state index in [0.717, 1.165) is 49.8 Å². The number of aryl methyl sites for hydroxylation is 1. The maximum absolute atomic E-state index is 14.8. The van der Waals surface area contributed by atoms with Crippen molar-refractivity contribution in [2.45, 2.75) is 58.2 Å². The number of aromatic nitrogens is 3. The van der Waals surface area contributed by atoms with E-state index >= 15 is 0 Å². The van der Waals surface area contributed by atoms with Crippen LogP contribution in [0.4, 0.5) is 23.5 Å². The highest BCUT2D eigenvalue weighted by atomic mass is 32.1. The first-order valence-electron chi connectivity index (χ1n) is 14.4. The second-order valence-electron chi connectivity index (χ2n) is 11.6. The molecular formula is C30H33F4N5O2S. The van der Waals surface area contributed by atoms with Crippen molar-refractivity contribution in [1.29, 1.82) is 0 Å². The number of piperidine rings is 1. The zero-order valence-corrected chi connectivity index (χ0v) is 24.2. The molecule has 1 saturated heterocycles. The van der Waals surface area contributed by atoms with Crippen LogP contribution in [0, 0.1) is 30.5 Å². The Hall–Kier alpha value is -3.28. The van der Waals surface area contributed by atoms with Crippen molar-refractivity contribution in [3.8, 4) is 5.75 Å². The molecule has 0 unspecified atom stereocenters. The van der Waals surface area contributed by atoms with Crippen molar-refractivity contribution in [2.24, 2.45) is 17.8 Å². The van der Waals surface area contributed by atoms with Gasteiger partial charge in [0.2, 0.25) is 11.9 Å². The fraction of sp³-hybridized carbons (Fsp3) is 0.533. The first-order chi connectivity index (χ1) is 20.1. The van der Waals surface area contributed by atoms with E-state index in [4.69, 9.17) is 4.74 Å². The van der Waals surface area contributed by atoms with Gasteiger partial charge < -0.3 is 14.5 Å². The Morgan fingerprint density at radius 2 is 1.90 bits per heavy atom. The smallest absolute Gasteiger partial charge is 0.443 e. The topological polar surface area (TPSA) is 71.5 Å². The third-order valence-electron chi connectivity index (χ3n) is 8.62. The van der Waals surface area contributed by atoms with Crippen molar-refractivity contribution in [2.75, 3.05) is 31.1 Å². The van der Waals surface area contributed by atoms with E-state index in [1.54, 1.807) is 12.1 Å². The molecule has 0 radical (unpaired) electrons. The minimum Gasteiger partial charge on any atom is -0.493 e. The molecule has 4 heterocycles. The van der Waals surface area contributed by atoms with Gasteiger partial charge in [0.25, 0.3) is 0 Å². The van der Waals surface area contributed by atoms with Gasteiger partial charge in [-0.25, -0.2) is 19.3 Å². The molecule has 2 atom stereocenters. The average Bonchev–Trinajstić information content (AvgIpc) is 3.60. The summed E-state index contributed by atoms with van der Waals surface area (Å²) in [6.45, 7) is 4.75. The van der Waals surface area contributed by atoms with Crippen LogP contribution in [0.2, 0.25) is 0 Å². The van der Waals surface area contributed by atoms with Gasteiger partial charge in [0.05, 0.1) is 25.3 Å². The third kappa shape index (κ3) is 6.53. The van der Waals surface area contributed by atoms with Gasteiger partial charge in [-0.1, -0.05) is 6.07 Å². The molecule has 3 aromatic rings. The van der Waals surface area contributed by atoms with E-state index in [0.29, 0.717) is 46.8 Å². The third-order valence-corrected chi connectivity index (χ3v) is 9.82. The number of amides is 1. The van der Waals surface area contributed by atoms with Crippen LogP contribution in [-0.2, 0) is 30.4 Å². The summed E-state index contributed by atoms with van der Waals surface area (Å²) in [4.78, 5) is 29.7.